The van der Waals surface area contributed by atoms with Crippen molar-refractivity contribution in [3.63, 3.8) is 0 Å². The van der Waals surface area contributed by atoms with E-state index in [-0.39, 0.29) is 13.2 Å². The fraction of sp³-hybridized carbons (Fsp3) is 0.619. The number of amides is 2. The maximum atomic E-state index is 12.3. The smallest absolute Gasteiger partial charge is 0.410 e. The molecule has 2 amide bonds. The SMILES string of the molecule is CC(C)(C)OC(=O)NCc1ccccc1CCN(CCO)C(=O)OC(C)(C)C. The molecule has 0 radical (unpaired) electrons. The van der Waals surface area contributed by atoms with Crippen molar-refractivity contribution in [2.24, 2.45) is 0 Å². The molecule has 0 aliphatic heterocycles. The summed E-state index contributed by atoms with van der Waals surface area (Å²) in [7, 11) is 0. The normalized spacial score (nSPS) is 11.7. The first-order chi connectivity index (χ1) is 12.9. The van der Waals surface area contributed by atoms with E-state index < -0.39 is 23.4 Å². The molecular formula is C21H34N2O5. The van der Waals surface area contributed by atoms with E-state index in [9.17, 15) is 14.7 Å². The van der Waals surface area contributed by atoms with Gasteiger partial charge in [0, 0.05) is 19.6 Å². The summed E-state index contributed by atoms with van der Waals surface area (Å²) in [5.74, 6) is 0. The Labute approximate surface area is 168 Å². The molecule has 1 aromatic rings. The number of benzene rings is 1. The third-order valence-corrected chi connectivity index (χ3v) is 3.61. The standard InChI is InChI=1S/C21H34N2O5/c1-20(2,3)27-18(25)22-15-17-10-8-7-9-16(17)11-12-23(13-14-24)19(26)28-21(4,5)6/h7-10,24H,11-15H2,1-6H3,(H,22,25). The van der Waals surface area contributed by atoms with Gasteiger partial charge in [-0.05, 0) is 59.1 Å². The van der Waals surface area contributed by atoms with Gasteiger partial charge in [-0.25, -0.2) is 9.59 Å². The lowest BCUT2D eigenvalue weighted by atomic mass is 10.0. The van der Waals surface area contributed by atoms with E-state index in [2.05, 4.69) is 5.32 Å². The van der Waals surface area contributed by atoms with Crippen molar-refractivity contribution in [2.75, 3.05) is 19.7 Å². The lowest BCUT2D eigenvalue weighted by Gasteiger charge is -2.27. The molecule has 0 fully saturated rings. The van der Waals surface area contributed by atoms with Crippen LogP contribution < -0.4 is 5.32 Å². The zero-order chi connectivity index (χ0) is 21.4. The van der Waals surface area contributed by atoms with Gasteiger partial charge in [-0.2, -0.15) is 0 Å². The minimum atomic E-state index is -0.597. The number of carbonyl (C=O) groups excluding carboxylic acids is 2. The fourth-order valence-corrected chi connectivity index (χ4v) is 2.45. The van der Waals surface area contributed by atoms with Crippen molar-refractivity contribution in [2.45, 2.75) is 65.7 Å². The van der Waals surface area contributed by atoms with Crippen LogP contribution in [0.1, 0.15) is 52.7 Å². The summed E-state index contributed by atoms with van der Waals surface area (Å²) in [6, 6.07) is 7.69. The summed E-state index contributed by atoms with van der Waals surface area (Å²) in [5.41, 5.74) is 0.800. The van der Waals surface area contributed by atoms with Crippen molar-refractivity contribution in [1.29, 1.82) is 0 Å². The van der Waals surface area contributed by atoms with Crippen LogP contribution >= 0.6 is 0 Å². The van der Waals surface area contributed by atoms with Crippen LogP contribution in [0.2, 0.25) is 0 Å². The summed E-state index contributed by atoms with van der Waals surface area (Å²) >= 11 is 0. The average Bonchev–Trinajstić information content (AvgIpc) is 2.54. The molecule has 7 nitrogen and oxygen atoms in total. The molecule has 0 aliphatic carbocycles. The number of alkyl carbamates (subject to hydrolysis) is 1. The van der Waals surface area contributed by atoms with Gasteiger partial charge in [-0.3, -0.25) is 0 Å². The molecule has 2 N–H and O–H groups in total. The van der Waals surface area contributed by atoms with E-state index in [0.29, 0.717) is 19.5 Å². The largest absolute Gasteiger partial charge is 0.444 e. The van der Waals surface area contributed by atoms with Gasteiger partial charge in [-0.1, -0.05) is 24.3 Å². The van der Waals surface area contributed by atoms with Crippen LogP contribution in [0, 0.1) is 0 Å². The van der Waals surface area contributed by atoms with Gasteiger partial charge in [0.1, 0.15) is 11.2 Å². The number of ether oxygens (including phenoxy) is 2. The number of aliphatic hydroxyl groups excluding tert-OH is 1. The van der Waals surface area contributed by atoms with E-state index in [1.807, 2.05) is 45.0 Å². The van der Waals surface area contributed by atoms with E-state index in [1.165, 1.54) is 4.90 Å². The zero-order valence-electron chi connectivity index (χ0n) is 17.9. The Morgan fingerprint density at radius 2 is 1.54 bits per heavy atom. The van der Waals surface area contributed by atoms with Gasteiger partial charge >= 0.3 is 12.2 Å². The van der Waals surface area contributed by atoms with Crippen LogP contribution in [0.3, 0.4) is 0 Å². The van der Waals surface area contributed by atoms with E-state index in [0.717, 1.165) is 11.1 Å². The Morgan fingerprint density at radius 1 is 0.964 bits per heavy atom. The quantitative estimate of drug-likeness (QED) is 0.739. The van der Waals surface area contributed by atoms with Crippen molar-refractivity contribution in [3.8, 4) is 0 Å². The number of nitrogens with one attached hydrogen (secondary N) is 1. The van der Waals surface area contributed by atoms with Crippen LogP contribution in [-0.2, 0) is 22.4 Å². The van der Waals surface area contributed by atoms with Crippen LogP contribution in [0.15, 0.2) is 24.3 Å². The predicted molar refractivity (Wildman–Crippen MR) is 108 cm³/mol. The van der Waals surface area contributed by atoms with Crippen LogP contribution in [0.5, 0.6) is 0 Å². The fourth-order valence-electron chi connectivity index (χ4n) is 2.45. The maximum absolute atomic E-state index is 12.3. The highest BCUT2D eigenvalue weighted by Crippen LogP contribution is 2.14. The lowest BCUT2D eigenvalue weighted by molar-refractivity contribution is 0.0221. The van der Waals surface area contributed by atoms with Crippen LogP contribution in [0.25, 0.3) is 0 Å². The van der Waals surface area contributed by atoms with E-state index >= 15 is 0 Å². The molecule has 0 saturated carbocycles. The van der Waals surface area contributed by atoms with Crippen molar-refractivity contribution in [1.82, 2.24) is 10.2 Å². The van der Waals surface area contributed by atoms with Gasteiger partial charge < -0.3 is 24.8 Å². The summed E-state index contributed by atoms with van der Waals surface area (Å²) in [6.07, 6.45) is -0.352. The highest BCUT2D eigenvalue weighted by Gasteiger charge is 2.22. The topological polar surface area (TPSA) is 88.1 Å². The molecule has 0 saturated heterocycles. The summed E-state index contributed by atoms with van der Waals surface area (Å²) in [5, 5.41) is 12.0. The molecule has 0 atom stereocenters. The minimum absolute atomic E-state index is 0.138. The summed E-state index contributed by atoms with van der Waals surface area (Å²) in [6.45, 7) is 11.6. The first-order valence-corrected chi connectivity index (χ1v) is 9.54. The summed E-state index contributed by atoms with van der Waals surface area (Å²) in [4.78, 5) is 25.7. The molecule has 0 spiro atoms. The molecule has 0 bridgehead atoms. The van der Waals surface area contributed by atoms with Crippen LogP contribution in [0.4, 0.5) is 9.59 Å². The highest BCUT2D eigenvalue weighted by molar-refractivity contribution is 5.68. The molecular weight excluding hydrogens is 360 g/mol. The summed E-state index contributed by atoms with van der Waals surface area (Å²) < 4.78 is 10.7. The Balaban J connectivity index is 2.72. The predicted octanol–water partition coefficient (Wildman–Crippen LogP) is 3.48. The molecule has 1 aromatic carbocycles. The molecule has 0 heterocycles. The number of rotatable bonds is 7. The average molecular weight is 395 g/mol. The number of nitrogens with zero attached hydrogens (tertiary/aromatic N) is 1. The second kappa shape index (κ2) is 10.3. The third kappa shape index (κ3) is 9.60. The Kier molecular flexibility index (Phi) is 8.75. The number of carbonyl (C=O) groups is 2. The van der Waals surface area contributed by atoms with Gasteiger partial charge in [0.15, 0.2) is 0 Å². The maximum Gasteiger partial charge on any atom is 0.410 e. The molecule has 0 unspecified atom stereocenters. The number of hydrogen-bond donors (Lipinski definition) is 2. The highest BCUT2D eigenvalue weighted by atomic mass is 16.6. The van der Waals surface area contributed by atoms with Crippen molar-refractivity contribution >= 4 is 12.2 Å². The van der Waals surface area contributed by atoms with Gasteiger partial charge in [0.25, 0.3) is 0 Å². The minimum Gasteiger partial charge on any atom is -0.444 e. The van der Waals surface area contributed by atoms with Gasteiger partial charge in [-0.15, -0.1) is 0 Å². The van der Waals surface area contributed by atoms with E-state index in [4.69, 9.17) is 9.47 Å². The third-order valence-electron chi connectivity index (χ3n) is 3.61. The van der Waals surface area contributed by atoms with Gasteiger partial charge in [0.2, 0.25) is 0 Å². The first kappa shape index (κ1) is 23.8. The number of hydrogen-bond acceptors (Lipinski definition) is 5. The second-order valence-corrected chi connectivity index (χ2v) is 8.57. The van der Waals surface area contributed by atoms with Crippen molar-refractivity contribution in [3.05, 3.63) is 35.4 Å². The molecule has 28 heavy (non-hydrogen) atoms. The van der Waals surface area contributed by atoms with E-state index in [1.54, 1.807) is 20.8 Å². The Bertz CT molecular complexity index is 647. The number of aliphatic hydroxyl groups is 1. The van der Waals surface area contributed by atoms with Gasteiger partial charge in [0.05, 0.1) is 6.61 Å². The Morgan fingerprint density at radius 3 is 2.07 bits per heavy atom. The van der Waals surface area contributed by atoms with Crippen molar-refractivity contribution < 1.29 is 24.2 Å². The molecule has 1 rings (SSSR count). The second-order valence-electron chi connectivity index (χ2n) is 8.57. The monoisotopic (exact) mass is 394 g/mol. The van der Waals surface area contributed by atoms with Crippen LogP contribution in [-0.4, -0.2) is 53.1 Å². The molecule has 7 heteroatoms. The molecule has 0 aromatic heterocycles. The zero-order valence-corrected chi connectivity index (χ0v) is 17.9. The molecule has 158 valence electrons. The first-order valence-electron chi connectivity index (χ1n) is 9.54. The lowest BCUT2D eigenvalue weighted by Crippen LogP contribution is -2.39. The molecule has 0 aliphatic rings. The Hall–Kier alpha value is -2.28.